The van der Waals surface area contributed by atoms with Crippen molar-refractivity contribution in [1.29, 1.82) is 0 Å². The molecular weight excluding hydrogens is 260 g/mol. The van der Waals surface area contributed by atoms with Gasteiger partial charge in [-0.05, 0) is 19.1 Å². The molecule has 106 valence electrons. The molecular formula is C14H16N2O4. The first-order valence-corrected chi connectivity index (χ1v) is 6.66. The number of amides is 2. The van der Waals surface area contributed by atoms with Gasteiger partial charge in [-0.3, -0.25) is 14.5 Å². The van der Waals surface area contributed by atoms with E-state index in [1.54, 1.807) is 25.1 Å². The van der Waals surface area contributed by atoms with Crippen LogP contribution in [0.1, 0.15) is 13.3 Å². The van der Waals surface area contributed by atoms with Gasteiger partial charge < -0.3 is 14.8 Å². The molecule has 1 N–H and O–H groups in total. The highest BCUT2D eigenvalue weighted by Crippen LogP contribution is 2.34. The summed E-state index contributed by atoms with van der Waals surface area (Å²) < 4.78 is 11.2. The van der Waals surface area contributed by atoms with Gasteiger partial charge in [0.2, 0.25) is 11.8 Å². The fourth-order valence-electron chi connectivity index (χ4n) is 2.40. The van der Waals surface area contributed by atoms with Crippen LogP contribution in [0, 0.1) is 0 Å². The molecule has 1 unspecified atom stereocenters. The monoisotopic (exact) mass is 276 g/mol. The van der Waals surface area contributed by atoms with E-state index in [4.69, 9.17) is 9.47 Å². The van der Waals surface area contributed by atoms with Crippen molar-refractivity contribution in [3.8, 4) is 11.5 Å². The number of fused-ring (bicyclic) bond motifs is 1. The Hall–Kier alpha value is -2.24. The first kappa shape index (κ1) is 12.8. The Balaban J connectivity index is 1.95. The summed E-state index contributed by atoms with van der Waals surface area (Å²) in [5.41, 5.74) is 0.654. The minimum atomic E-state index is -0.527. The number of hydrogen-bond acceptors (Lipinski definition) is 4. The van der Waals surface area contributed by atoms with Gasteiger partial charge in [0.1, 0.15) is 6.04 Å². The molecule has 1 fully saturated rings. The number of nitrogens with one attached hydrogen (secondary N) is 1. The van der Waals surface area contributed by atoms with E-state index >= 15 is 0 Å². The standard InChI is InChI=1S/C14H16N2O4/c1-9-14(18)15-8-13(17)16(9)10-3-4-11-12(7-10)20-6-2-5-19-11/h3-4,7,9H,2,5-6,8H2,1H3,(H,15,18). The number of hydrogen-bond donors (Lipinski definition) is 1. The maximum Gasteiger partial charge on any atom is 0.247 e. The van der Waals surface area contributed by atoms with Gasteiger partial charge in [0.25, 0.3) is 0 Å². The summed E-state index contributed by atoms with van der Waals surface area (Å²) in [6.45, 7) is 2.93. The van der Waals surface area contributed by atoms with E-state index in [1.807, 2.05) is 0 Å². The lowest BCUT2D eigenvalue weighted by molar-refractivity contribution is -0.130. The van der Waals surface area contributed by atoms with Crippen molar-refractivity contribution in [3.05, 3.63) is 18.2 Å². The van der Waals surface area contributed by atoms with Crippen molar-refractivity contribution in [3.63, 3.8) is 0 Å². The molecule has 3 rings (SSSR count). The Morgan fingerprint density at radius 3 is 2.75 bits per heavy atom. The number of anilines is 1. The van der Waals surface area contributed by atoms with Crippen molar-refractivity contribution in [1.82, 2.24) is 5.32 Å². The Morgan fingerprint density at radius 2 is 1.95 bits per heavy atom. The van der Waals surface area contributed by atoms with Crippen molar-refractivity contribution in [2.75, 3.05) is 24.7 Å². The Morgan fingerprint density at radius 1 is 1.20 bits per heavy atom. The van der Waals surface area contributed by atoms with Crippen molar-refractivity contribution in [2.24, 2.45) is 0 Å². The van der Waals surface area contributed by atoms with Crippen LogP contribution in [-0.2, 0) is 9.59 Å². The number of piperazine rings is 1. The molecule has 2 aliphatic heterocycles. The summed E-state index contributed by atoms with van der Waals surface area (Å²) in [6.07, 6.45) is 0.825. The zero-order chi connectivity index (χ0) is 14.1. The van der Waals surface area contributed by atoms with Crippen LogP contribution in [0.15, 0.2) is 18.2 Å². The molecule has 1 saturated heterocycles. The number of benzene rings is 1. The van der Waals surface area contributed by atoms with Gasteiger partial charge in [-0.15, -0.1) is 0 Å². The molecule has 0 bridgehead atoms. The van der Waals surface area contributed by atoms with Crippen LogP contribution in [-0.4, -0.2) is 37.6 Å². The fraction of sp³-hybridized carbons (Fsp3) is 0.429. The third kappa shape index (κ3) is 2.17. The minimum Gasteiger partial charge on any atom is -0.490 e. The molecule has 0 spiro atoms. The van der Waals surface area contributed by atoms with Gasteiger partial charge >= 0.3 is 0 Å². The van der Waals surface area contributed by atoms with Crippen molar-refractivity contribution >= 4 is 17.5 Å². The maximum atomic E-state index is 12.0. The van der Waals surface area contributed by atoms with Gasteiger partial charge in [0.05, 0.1) is 19.8 Å². The number of nitrogens with zero attached hydrogens (tertiary/aromatic N) is 1. The predicted molar refractivity (Wildman–Crippen MR) is 72.0 cm³/mol. The predicted octanol–water partition coefficient (Wildman–Crippen LogP) is 0.699. The Labute approximate surface area is 116 Å². The van der Waals surface area contributed by atoms with E-state index in [-0.39, 0.29) is 18.4 Å². The lowest BCUT2D eigenvalue weighted by Gasteiger charge is -2.32. The second kappa shape index (κ2) is 5.03. The van der Waals surface area contributed by atoms with Gasteiger partial charge in [-0.1, -0.05) is 0 Å². The second-order valence-electron chi connectivity index (χ2n) is 4.84. The largest absolute Gasteiger partial charge is 0.490 e. The van der Waals surface area contributed by atoms with Crippen LogP contribution >= 0.6 is 0 Å². The topological polar surface area (TPSA) is 67.9 Å². The van der Waals surface area contributed by atoms with E-state index in [0.717, 1.165) is 6.42 Å². The zero-order valence-corrected chi connectivity index (χ0v) is 11.2. The molecule has 0 radical (unpaired) electrons. The highest BCUT2D eigenvalue weighted by atomic mass is 16.5. The summed E-state index contributed by atoms with van der Waals surface area (Å²) in [6, 6.07) is 4.79. The number of rotatable bonds is 1. The second-order valence-corrected chi connectivity index (χ2v) is 4.84. The van der Waals surface area contributed by atoms with E-state index in [2.05, 4.69) is 5.32 Å². The summed E-state index contributed by atoms with van der Waals surface area (Å²) in [5, 5.41) is 2.57. The summed E-state index contributed by atoms with van der Waals surface area (Å²) >= 11 is 0. The molecule has 1 aromatic carbocycles. The highest BCUT2D eigenvalue weighted by Gasteiger charge is 2.32. The van der Waals surface area contributed by atoms with Gasteiger partial charge in [-0.25, -0.2) is 0 Å². The average molecular weight is 276 g/mol. The van der Waals surface area contributed by atoms with Crippen LogP contribution < -0.4 is 19.7 Å². The summed E-state index contributed by atoms with van der Waals surface area (Å²) in [5.74, 6) is 1.00. The third-order valence-electron chi connectivity index (χ3n) is 3.46. The quantitative estimate of drug-likeness (QED) is 0.820. The Bertz CT molecular complexity index is 558. The van der Waals surface area contributed by atoms with Crippen molar-refractivity contribution < 1.29 is 19.1 Å². The number of carbonyl (C=O) groups is 2. The van der Waals surface area contributed by atoms with Crippen LogP contribution in [0.2, 0.25) is 0 Å². The summed E-state index contributed by atoms with van der Waals surface area (Å²) in [4.78, 5) is 25.2. The molecule has 20 heavy (non-hydrogen) atoms. The van der Waals surface area contributed by atoms with Crippen LogP contribution in [0.5, 0.6) is 11.5 Å². The van der Waals surface area contributed by atoms with Gasteiger partial charge in [0.15, 0.2) is 11.5 Å². The van der Waals surface area contributed by atoms with Crippen molar-refractivity contribution in [2.45, 2.75) is 19.4 Å². The van der Waals surface area contributed by atoms with E-state index < -0.39 is 6.04 Å². The average Bonchev–Trinajstić information content (AvgIpc) is 2.68. The normalized spacial score (nSPS) is 22.2. The first-order chi connectivity index (χ1) is 9.66. The molecule has 2 amide bonds. The zero-order valence-electron chi connectivity index (χ0n) is 11.2. The van der Waals surface area contributed by atoms with Gasteiger partial charge in [0, 0.05) is 18.2 Å². The Kier molecular flexibility index (Phi) is 3.22. The highest BCUT2D eigenvalue weighted by molar-refractivity contribution is 6.06. The van der Waals surface area contributed by atoms with E-state index in [9.17, 15) is 9.59 Å². The van der Waals surface area contributed by atoms with E-state index in [0.29, 0.717) is 30.4 Å². The van der Waals surface area contributed by atoms with Crippen LogP contribution in [0.3, 0.4) is 0 Å². The molecule has 0 saturated carbocycles. The fourth-order valence-corrected chi connectivity index (χ4v) is 2.40. The smallest absolute Gasteiger partial charge is 0.247 e. The molecule has 0 aliphatic carbocycles. The molecule has 2 aliphatic rings. The molecule has 0 aromatic heterocycles. The number of ether oxygens (including phenoxy) is 2. The molecule has 1 aromatic rings. The molecule has 1 atom stereocenters. The SMILES string of the molecule is CC1C(=O)NCC(=O)N1c1ccc2c(c1)OCCCO2. The van der Waals surface area contributed by atoms with Crippen LogP contribution in [0.25, 0.3) is 0 Å². The third-order valence-corrected chi connectivity index (χ3v) is 3.46. The molecule has 2 heterocycles. The lowest BCUT2D eigenvalue weighted by Crippen LogP contribution is -2.57. The molecule has 6 nitrogen and oxygen atoms in total. The lowest BCUT2D eigenvalue weighted by atomic mass is 10.1. The maximum absolute atomic E-state index is 12.0. The molecule has 6 heteroatoms. The van der Waals surface area contributed by atoms with Crippen LogP contribution in [0.4, 0.5) is 5.69 Å². The minimum absolute atomic E-state index is 0.0254. The number of carbonyl (C=O) groups excluding carboxylic acids is 2. The summed E-state index contributed by atoms with van der Waals surface area (Å²) in [7, 11) is 0. The van der Waals surface area contributed by atoms with Gasteiger partial charge in [-0.2, -0.15) is 0 Å². The van der Waals surface area contributed by atoms with E-state index in [1.165, 1.54) is 4.90 Å². The first-order valence-electron chi connectivity index (χ1n) is 6.66.